The van der Waals surface area contributed by atoms with Crippen LogP contribution in [0, 0.1) is 0 Å². The monoisotopic (exact) mass is 407 g/mol. The van der Waals surface area contributed by atoms with E-state index in [1.165, 1.54) is 0 Å². The van der Waals surface area contributed by atoms with Crippen LogP contribution >= 0.6 is 27.7 Å². The van der Waals surface area contributed by atoms with E-state index in [1.54, 1.807) is 26.0 Å². The number of benzene rings is 2. The molecule has 0 spiro atoms. The predicted molar refractivity (Wildman–Crippen MR) is 99.9 cm³/mol. The minimum Gasteiger partial charge on any atom is -0.497 e. The molecule has 1 saturated heterocycles. The highest BCUT2D eigenvalue weighted by Gasteiger charge is 2.34. The fraction of sp³-hybridized carbons (Fsp3) is 0.278. The first kappa shape index (κ1) is 17.2. The molecule has 1 aliphatic rings. The molecule has 0 aromatic heterocycles. The highest BCUT2D eigenvalue weighted by molar-refractivity contribution is 9.10. The molecule has 1 heterocycles. The normalized spacial score (nSPS) is 17.0. The van der Waals surface area contributed by atoms with Crippen LogP contribution in [0.5, 0.6) is 11.5 Å². The number of carbonyl (C=O) groups excluding carboxylic acids is 1. The van der Waals surface area contributed by atoms with E-state index in [1.807, 2.05) is 47.4 Å². The van der Waals surface area contributed by atoms with E-state index < -0.39 is 0 Å². The van der Waals surface area contributed by atoms with Crippen molar-refractivity contribution in [2.75, 3.05) is 26.5 Å². The number of hydrogen-bond donors (Lipinski definition) is 0. The number of carbonyl (C=O) groups is 1. The highest BCUT2D eigenvalue weighted by Crippen LogP contribution is 2.44. The number of rotatable bonds is 4. The van der Waals surface area contributed by atoms with E-state index in [2.05, 4.69) is 15.9 Å². The van der Waals surface area contributed by atoms with Gasteiger partial charge >= 0.3 is 0 Å². The zero-order chi connectivity index (χ0) is 17.1. The van der Waals surface area contributed by atoms with Crippen molar-refractivity contribution in [2.45, 2.75) is 5.37 Å². The molecule has 0 aliphatic carbocycles. The summed E-state index contributed by atoms with van der Waals surface area (Å²) in [5, 5.41) is -0.0883. The Bertz CT molecular complexity index is 753. The van der Waals surface area contributed by atoms with E-state index in [4.69, 9.17) is 9.47 Å². The van der Waals surface area contributed by atoms with Gasteiger partial charge in [0.1, 0.15) is 16.9 Å². The average Bonchev–Trinajstić information content (AvgIpc) is 3.10. The summed E-state index contributed by atoms with van der Waals surface area (Å²) in [5.74, 6) is 2.43. The van der Waals surface area contributed by atoms with Crippen LogP contribution in [-0.2, 0) is 0 Å². The van der Waals surface area contributed by atoms with E-state index in [9.17, 15) is 4.79 Å². The van der Waals surface area contributed by atoms with Gasteiger partial charge in [-0.15, -0.1) is 11.8 Å². The van der Waals surface area contributed by atoms with Crippen molar-refractivity contribution in [2.24, 2.45) is 0 Å². The van der Waals surface area contributed by atoms with Crippen molar-refractivity contribution >= 4 is 33.6 Å². The van der Waals surface area contributed by atoms with Crippen molar-refractivity contribution in [3.8, 4) is 11.5 Å². The highest BCUT2D eigenvalue weighted by atomic mass is 79.9. The van der Waals surface area contributed by atoms with Gasteiger partial charge in [0.25, 0.3) is 5.91 Å². The van der Waals surface area contributed by atoms with Crippen molar-refractivity contribution in [1.29, 1.82) is 0 Å². The lowest BCUT2D eigenvalue weighted by molar-refractivity contribution is 0.0758. The summed E-state index contributed by atoms with van der Waals surface area (Å²) in [5.41, 5.74) is 1.63. The molecule has 6 heteroatoms. The summed E-state index contributed by atoms with van der Waals surface area (Å²) < 4.78 is 11.6. The van der Waals surface area contributed by atoms with Crippen molar-refractivity contribution in [3.05, 3.63) is 58.1 Å². The maximum atomic E-state index is 13.0. The summed E-state index contributed by atoms with van der Waals surface area (Å²) in [6.07, 6.45) is 0. The molecule has 4 nitrogen and oxygen atoms in total. The lowest BCUT2D eigenvalue weighted by Crippen LogP contribution is -2.30. The molecular formula is C18H18BrNO3S. The van der Waals surface area contributed by atoms with Gasteiger partial charge in [0.2, 0.25) is 0 Å². The molecule has 0 N–H and O–H groups in total. The Morgan fingerprint density at radius 3 is 2.71 bits per heavy atom. The van der Waals surface area contributed by atoms with Crippen LogP contribution in [0.25, 0.3) is 0 Å². The lowest BCUT2D eigenvalue weighted by Gasteiger charge is -2.26. The third-order valence-corrected chi connectivity index (χ3v) is 5.89. The van der Waals surface area contributed by atoms with Gasteiger partial charge in [0.05, 0.1) is 19.8 Å². The minimum atomic E-state index is -0.0883. The Morgan fingerprint density at radius 1 is 1.21 bits per heavy atom. The number of nitrogens with zero attached hydrogens (tertiary/aromatic N) is 1. The molecule has 24 heavy (non-hydrogen) atoms. The fourth-order valence-electron chi connectivity index (χ4n) is 2.76. The molecular weight excluding hydrogens is 390 g/mol. The molecule has 0 saturated carbocycles. The summed E-state index contributed by atoms with van der Waals surface area (Å²) >= 11 is 5.21. The first-order valence-corrected chi connectivity index (χ1v) is 9.39. The smallest absolute Gasteiger partial charge is 0.256 e. The van der Waals surface area contributed by atoms with E-state index in [0.29, 0.717) is 12.1 Å². The molecule has 3 rings (SSSR count). The Morgan fingerprint density at radius 2 is 2.00 bits per heavy atom. The molecule has 2 aromatic carbocycles. The van der Waals surface area contributed by atoms with E-state index in [-0.39, 0.29) is 11.3 Å². The first-order chi connectivity index (χ1) is 11.7. The van der Waals surface area contributed by atoms with Gasteiger partial charge < -0.3 is 14.4 Å². The van der Waals surface area contributed by atoms with Gasteiger partial charge in [-0.05, 0) is 46.3 Å². The molecule has 126 valence electrons. The van der Waals surface area contributed by atoms with Gasteiger partial charge in [-0.25, -0.2) is 0 Å². The number of ether oxygens (including phenoxy) is 2. The number of hydrogen-bond acceptors (Lipinski definition) is 4. The summed E-state index contributed by atoms with van der Waals surface area (Å²) in [6, 6.07) is 13.2. The Balaban J connectivity index is 1.97. The first-order valence-electron chi connectivity index (χ1n) is 7.54. The number of halogens is 1. The SMILES string of the molecule is COc1ccc(OC)c(C2SCCN2C(=O)c2ccccc2Br)c1. The Hall–Kier alpha value is -1.66. The average molecular weight is 408 g/mol. The predicted octanol–water partition coefficient (Wildman–Crippen LogP) is 4.35. The summed E-state index contributed by atoms with van der Waals surface area (Å²) in [6.45, 7) is 0.704. The van der Waals surface area contributed by atoms with Crippen LogP contribution in [0.15, 0.2) is 46.9 Å². The zero-order valence-electron chi connectivity index (χ0n) is 13.5. The van der Waals surface area contributed by atoms with Gasteiger partial charge in [-0.3, -0.25) is 4.79 Å². The molecule has 1 amide bonds. The topological polar surface area (TPSA) is 38.8 Å². The van der Waals surface area contributed by atoms with Crippen molar-refractivity contribution in [1.82, 2.24) is 4.90 Å². The molecule has 0 bridgehead atoms. The van der Waals surface area contributed by atoms with Crippen molar-refractivity contribution in [3.63, 3.8) is 0 Å². The summed E-state index contributed by atoms with van der Waals surface area (Å²) in [4.78, 5) is 14.9. The summed E-state index contributed by atoms with van der Waals surface area (Å²) in [7, 11) is 3.28. The second-order valence-corrected chi connectivity index (χ2v) is 7.35. The van der Waals surface area contributed by atoms with Crippen molar-refractivity contribution < 1.29 is 14.3 Å². The van der Waals surface area contributed by atoms with Gasteiger partial charge in [-0.1, -0.05) is 12.1 Å². The number of thioether (sulfide) groups is 1. The maximum Gasteiger partial charge on any atom is 0.256 e. The molecule has 1 fully saturated rings. The zero-order valence-corrected chi connectivity index (χ0v) is 15.9. The number of amides is 1. The van der Waals surface area contributed by atoms with Gasteiger partial charge in [-0.2, -0.15) is 0 Å². The molecule has 1 aliphatic heterocycles. The minimum absolute atomic E-state index is 0.0161. The van der Waals surface area contributed by atoms with Gasteiger partial charge in [0, 0.05) is 22.3 Å². The molecule has 1 atom stereocenters. The maximum absolute atomic E-state index is 13.0. The van der Waals surface area contributed by atoms with Crippen LogP contribution in [-0.4, -0.2) is 37.3 Å². The standard InChI is InChI=1S/C18H18BrNO3S/c1-22-12-7-8-16(23-2)14(11-12)18-20(9-10-24-18)17(21)13-5-3-4-6-15(13)19/h3-8,11,18H,9-10H2,1-2H3. The molecule has 1 unspecified atom stereocenters. The van der Waals surface area contributed by atoms with Crippen LogP contribution < -0.4 is 9.47 Å². The Kier molecular flexibility index (Phi) is 5.36. The largest absolute Gasteiger partial charge is 0.497 e. The third-order valence-electron chi connectivity index (χ3n) is 3.96. The quantitative estimate of drug-likeness (QED) is 0.754. The van der Waals surface area contributed by atoms with E-state index >= 15 is 0 Å². The van der Waals surface area contributed by atoms with Gasteiger partial charge in [0.15, 0.2) is 0 Å². The van der Waals surface area contributed by atoms with Crippen LogP contribution in [0.3, 0.4) is 0 Å². The Labute approximate surface area is 154 Å². The van der Waals surface area contributed by atoms with Crippen LogP contribution in [0.1, 0.15) is 21.3 Å². The molecule has 2 aromatic rings. The second-order valence-electron chi connectivity index (χ2n) is 5.31. The third kappa shape index (κ3) is 3.26. The number of methoxy groups -OCH3 is 2. The fourth-order valence-corrected chi connectivity index (χ4v) is 4.48. The van der Waals surface area contributed by atoms with Crippen LogP contribution in [0.2, 0.25) is 0 Å². The lowest BCUT2D eigenvalue weighted by atomic mass is 10.1. The van der Waals surface area contributed by atoms with E-state index in [0.717, 1.165) is 27.3 Å². The van der Waals surface area contributed by atoms with Crippen LogP contribution in [0.4, 0.5) is 0 Å². The second kappa shape index (κ2) is 7.49. The molecule has 0 radical (unpaired) electrons.